The molecule has 7 nitrogen and oxygen atoms in total. The van der Waals surface area contributed by atoms with Gasteiger partial charge in [0.15, 0.2) is 11.5 Å². The van der Waals surface area contributed by atoms with Crippen LogP contribution in [0.25, 0.3) is 0 Å². The van der Waals surface area contributed by atoms with Crippen LogP contribution in [-0.2, 0) is 27.6 Å². The smallest absolute Gasteiger partial charge is 0.416 e. The van der Waals surface area contributed by atoms with Crippen molar-refractivity contribution in [1.82, 2.24) is 5.32 Å². The number of hydrogen-bond acceptors (Lipinski definition) is 5. The highest BCUT2D eigenvalue weighted by Gasteiger charge is 2.70. The first-order valence-corrected chi connectivity index (χ1v) is 15.9. The summed E-state index contributed by atoms with van der Waals surface area (Å²) in [4.78, 5) is 25.5. The molecular weight excluding hydrogens is 597 g/mol. The van der Waals surface area contributed by atoms with Gasteiger partial charge in [-0.1, -0.05) is 26.3 Å². The first-order valence-electron chi connectivity index (χ1n) is 15.9. The number of alkyl halides is 3. The predicted molar refractivity (Wildman–Crippen MR) is 165 cm³/mol. The van der Waals surface area contributed by atoms with Crippen molar-refractivity contribution < 1.29 is 41.5 Å². The molecule has 2 aromatic carbocycles. The zero-order valence-electron chi connectivity index (χ0n) is 26.6. The molecule has 2 aromatic rings. The van der Waals surface area contributed by atoms with Gasteiger partial charge in [0.25, 0.3) is 5.91 Å². The number of methoxy groups -OCH3 is 1. The zero-order valence-corrected chi connectivity index (χ0v) is 26.6. The zero-order chi connectivity index (χ0) is 33.0. The Morgan fingerprint density at radius 1 is 1.22 bits per heavy atom. The second-order valence-corrected chi connectivity index (χ2v) is 13.5. The average molecular weight is 638 g/mol. The van der Waals surface area contributed by atoms with Crippen LogP contribution in [-0.4, -0.2) is 61.3 Å². The van der Waals surface area contributed by atoms with E-state index in [9.17, 15) is 22.8 Å². The third-order valence-electron chi connectivity index (χ3n) is 10.4. The first kappa shape index (κ1) is 32.0. The molecule has 46 heavy (non-hydrogen) atoms. The Bertz CT molecular complexity index is 1630. The lowest BCUT2D eigenvalue weighted by Gasteiger charge is -2.63. The fourth-order valence-electron chi connectivity index (χ4n) is 9.07. The van der Waals surface area contributed by atoms with Crippen LogP contribution in [0.4, 0.5) is 13.2 Å². The summed E-state index contributed by atoms with van der Waals surface area (Å²) in [6, 6.07) is 6.03. The van der Waals surface area contributed by atoms with Crippen molar-refractivity contribution in [2.75, 3.05) is 26.7 Å². The lowest BCUT2D eigenvalue weighted by Crippen LogP contribution is -2.74. The van der Waals surface area contributed by atoms with Gasteiger partial charge in [0.05, 0.1) is 49.8 Å². The lowest BCUT2D eigenvalue weighted by molar-refractivity contribution is -0.960. The molecule has 244 valence electrons. The molecule has 2 bridgehead atoms. The van der Waals surface area contributed by atoms with E-state index in [0.717, 1.165) is 66.6 Å². The van der Waals surface area contributed by atoms with Gasteiger partial charge in [-0.15, -0.1) is 0 Å². The van der Waals surface area contributed by atoms with Gasteiger partial charge in [-0.3, -0.25) is 9.59 Å². The Hall–Kier alpha value is -3.97. The maximum Gasteiger partial charge on any atom is 0.416 e. The number of likely N-dealkylation sites (tertiary alicyclic amines) is 1. The van der Waals surface area contributed by atoms with E-state index in [4.69, 9.17) is 14.2 Å². The third-order valence-corrected chi connectivity index (χ3v) is 10.4. The molecule has 2 aliphatic heterocycles. The molecule has 6 rings (SSSR count). The molecule has 1 spiro atoms. The maximum absolute atomic E-state index is 13.2. The van der Waals surface area contributed by atoms with Crippen LogP contribution in [0.1, 0.15) is 62.3 Å². The average Bonchev–Trinajstić information content (AvgIpc) is 3.34. The van der Waals surface area contributed by atoms with Crippen LogP contribution in [0.2, 0.25) is 0 Å². The Balaban J connectivity index is 1.38. The first-order chi connectivity index (χ1) is 21.8. The van der Waals surface area contributed by atoms with E-state index in [0.29, 0.717) is 35.2 Å². The molecule has 1 saturated carbocycles. The van der Waals surface area contributed by atoms with E-state index in [2.05, 4.69) is 37.6 Å². The lowest BCUT2D eigenvalue weighted by atomic mass is 9.50. The number of nitrogens with zero attached hydrogens (tertiary/aromatic N) is 1. The highest BCUT2D eigenvalue weighted by molar-refractivity contribution is 5.94. The quantitative estimate of drug-likeness (QED) is 0.141. The van der Waals surface area contributed by atoms with Crippen molar-refractivity contribution in [2.24, 2.45) is 11.8 Å². The number of carbonyl (C=O) groups excluding carboxylic acids is 2. The number of nitrogens with one attached hydrogen (secondary N) is 1. The van der Waals surface area contributed by atoms with E-state index in [-0.39, 0.29) is 18.0 Å². The van der Waals surface area contributed by atoms with Crippen molar-refractivity contribution in [3.8, 4) is 29.1 Å². The van der Waals surface area contributed by atoms with Crippen molar-refractivity contribution in [3.63, 3.8) is 0 Å². The van der Waals surface area contributed by atoms with Gasteiger partial charge in [0.1, 0.15) is 11.9 Å². The van der Waals surface area contributed by atoms with E-state index in [1.807, 2.05) is 6.08 Å². The van der Waals surface area contributed by atoms with Crippen molar-refractivity contribution in [3.05, 3.63) is 65.2 Å². The van der Waals surface area contributed by atoms with Gasteiger partial charge < -0.3 is 24.0 Å². The molecule has 4 aliphatic rings. The van der Waals surface area contributed by atoms with Crippen LogP contribution in [0.3, 0.4) is 0 Å². The minimum absolute atomic E-state index is 0.234. The van der Waals surface area contributed by atoms with Crippen LogP contribution in [0.15, 0.2) is 43.0 Å². The summed E-state index contributed by atoms with van der Waals surface area (Å²) >= 11 is 0. The number of carbonyl (C=O) groups is 2. The highest BCUT2D eigenvalue weighted by atomic mass is 19.4. The molecule has 1 amide bonds. The Kier molecular flexibility index (Phi) is 8.12. The van der Waals surface area contributed by atoms with E-state index in [1.54, 1.807) is 13.2 Å². The van der Waals surface area contributed by atoms with E-state index in [1.165, 1.54) is 19.1 Å². The van der Waals surface area contributed by atoms with Crippen LogP contribution in [0, 0.1) is 23.7 Å². The number of hydrogen-bond donors (Lipinski definition) is 1. The minimum Gasteiger partial charge on any atom is -0.493 e. The second kappa shape index (κ2) is 11.7. The van der Waals surface area contributed by atoms with Gasteiger partial charge >= 0.3 is 12.1 Å². The third kappa shape index (κ3) is 5.23. The molecule has 10 heteroatoms. The Morgan fingerprint density at radius 2 is 1.96 bits per heavy atom. The van der Waals surface area contributed by atoms with Gasteiger partial charge in [0, 0.05) is 60.3 Å². The SMILES string of the molecule is C=CC[N+]1(CC(C)C)CC[C@]23c4c5c(OC(C)=O)cc(OC)c4O[C@H]2[C@H](NC(=O)C#Cc2ccc(C(F)(F)F)cc2)CC[C@H]3[C@H]1C5. The molecular formula is C36H40F3N2O5+. The topological polar surface area (TPSA) is 73.9 Å². The summed E-state index contributed by atoms with van der Waals surface area (Å²) in [5, 5.41) is 3.09. The Morgan fingerprint density at radius 3 is 2.59 bits per heavy atom. The fourth-order valence-corrected chi connectivity index (χ4v) is 9.07. The number of benzene rings is 2. The van der Waals surface area contributed by atoms with Gasteiger partial charge in [0.2, 0.25) is 0 Å². The van der Waals surface area contributed by atoms with Crippen LogP contribution < -0.4 is 19.5 Å². The van der Waals surface area contributed by atoms with Crippen molar-refractivity contribution in [2.45, 2.75) is 76.2 Å². The normalized spacial score (nSPS) is 28.7. The van der Waals surface area contributed by atoms with E-state index >= 15 is 0 Å². The molecule has 2 heterocycles. The van der Waals surface area contributed by atoms with Gasteiger partial charge in [-0.25, -0.2) is 0 Å². The fraction of sp³-hybridized carbons (Fsp3) is 0.500. The van der Waals surface area contributed by atoms with Crippen molar-refractivity contribution in [1.29, 1.82) is 0 Å². The number of esters is 1. The number of quaternary nitrogens is 1. The standard InChI is InChI=1S/C36H39F3N2O5/c1-6-16-41(20-21(2)3)17-15-35-26-12-13-27(40-31(43)14-9-23-7-10-24(11-8-23)36(37,38)39)34(35)46-33-30(44-5)19-29(45-22(4)42)25(32(33)35)18-28(26)41/h6-8,10-11,19,21,26-28,34H,1,12-13,15-18,20H2,2-5H3/p+1/t26-,27+,28+,34-,35-,41?/m0/s1. The molecule has 0 aromatic heterocycles. The summed E-state index contributed by atoms with van der Waals surface area (Å²) in [5.74, 6) is 6.67. The molecule has 0 radical (unpaired) electrons. The maximum atomic E-state index is 13.2. The van der Waals surface area contributed by atoms with E-state index < -0.39 is 35.1 Å². The summed E-state index contributed by atoms with van der Waals surface area (Å²) < 4.78 is 58.2. The Labute approximate surface area is 267 Å². The van der Waals surface area contributed by atoms with Crippen LogP contribution >= 0.6 is 0 Å². The molecule has 2 fully saturated rings. The van der Waals surface area contributed by atoms with Crippen LogP contribution in [0.5, 0.6) is 17.2 Å². The number of rotatable bonds is 7. The summed E-state index contributed by atoms with van der Waals surface area (Å²) in [6.45, 7) is 12.8. The monoisotopic (exact) mass is 637 g/mol. The molecule has 1 saturated heterocycles. The summed E-state index contributed by atoms with van der Waals surface area (Å²) in [6.07, 6.45) is 0.259. The number of ether oxygens (including phenoxy) is 3. The second-order valence-electron chi connectivity index (χ2n) is 13.5. The van der Waals surface area contributed by atoms with Gasteiger partial charge in [-0.05, 0) is 43.2 Å². The summed E-state index contributed by atoms with van der Waals surface area (Å²) in [7, 11) is 1.56. The predicted octanol–water partition coefficient (Wildman–Crippen LogP) is 5.57. The largest absolute Gasteiger partial charge is 0.493 e. The number of piperidine rings is 1. The molecule has 1 unspecified atom stereocenters. The minimum atomic E-state index is -4.45. The summed E-state index contributed by atoms with van der Waals surface area (Å²) in [5.41, 5.74) is 1.11. The molecule has 6 atom stereocenters. The number of halogens is 3. The molecule has 1 N–H and O–H groups in total. The number of amides is 1. The van der Waals surface area contributed by atoms with Gasteiger partial charge in [-0.2, -0.15) is 13.2 Å². The van der Waals surface area contributed by atoms with Crippen molar-refractivity contribution >= 4 is 11.9 Å². The molecule has 2 aliphatic carbocycles. The highest BCUT2D eigenvalue weighted by Crippen LogP contribution is 2.66.